The van der Waals surface area contributed by atoms with Gasteiger partial charge in [-0.3, -0.25) is 0 Å². The average molecular weight is 254 g/mol. The van der Waals surface area contributed by atoms with Gasteiger partial charge in [0.1, 0.15) is 0 Å². The summed E-state index contributed by atoms with van der Waals surface area (Å²) >= 11 is 0. The molecule has 6 heteroatoms. The number of aromatic carboxylic acids is 1. The summed E-state index contributed by atoms with van der Waals surface area (Å²) in [6, 6.07) is 4.55. The van der Waals surface area contributed by atoms with Crippen LogP contribution in [0.5, 0.6) is 0 Å². The first kappa shape index (κ1) is 14.3. The van der Waals surface area contributed by atoms with Crippen molar-refractivity contribution < 1.29 is 19.7 Å². The Labute approximate surface area is 106 Å². The molecule has 0 bridgehead atoms. The van der Waals surface area contributed by atoms with E-state index in [1.54, 1.807) is 13.2 Å². The van der Waals surface area contributed by atoms with Gasteiger partial charge in [0.25, 0.3) is 0 Å². The highest BCUT2D eigenvalue weighted by atomic mass is 16.5. The Balaban J connectivity index is 2.93. The van der Waals surface area contributed by atoms with Gasteiger partial charge >= 0.3 is 5.97 Å². The van der Waals surface area contributed by atoms with E-state index >= 15 is 0 Å². The normalized spacial score (nSPS) is 10.3. The van der Waals surface area contributed by atoms with Gasteiger partial charge in [-0.15, -0.1) is 0 Å². The summed E-state index contributed by atoms with van der Waals surface area (Å²) in [5.74, 6) is -1.01. The summed E-state index contributed by atoms with van der Waals surface area (Å²) in [4.78, 5) is 12.7. The van der Waals surface area contributed by atoms with Crippen molar-refractivity contribution in [3.63, 3.8) is 0 Å². The van der Waals surface area contributed by atoms with Crippen molar-refractivity contribution in [3.8, 4) is 0 Å². The number of nitrogens with zero attached hydrogens (tertiary/aromatic N) is 1. The molecule has 0 atom stereocenters. The van der Waals surface area contributed by atoms with E-state index in [9.17, 15) is 4.79 Å². The molecule has 1 aromatic carbocycles. The molecule has 1 rings (SSSR count). The van der Waals surface area contributed by atoms with Gasteiger partial charge in [0.15, 0.2) is 0 Å². The molecule has 0 saturated heterocycles. The number of carboxylic acid groups (broad SMARTS) is 1. The van der Waals surface area contributed by atoms with Crippen LogP contribution in [0, 0.1) is 0 Å². The van der Waals surface area contributed by atoms with E-state index in [2.05, 4.69) is 0 Å². The number of aliphatic hydroxyl groups is 1. The van der Waals surface area contributed by atoms with E-state index < -0.39 is 5.97 Å². The molecule has 4 N–H and O–H groups in total. The zero-order chi connectivity index (χ0) is 13.5. The third-order valence-electron chi connectivity index (χ3n) is 2.55. The largest absolute Gasteiger partial charge is 0.478 e. The van der Waals surface area contributed by atoms with E-state index in [4.69, 9.17) is 20.7 Å². The number of hydrogen-bond acceptors (Lipinski definition) is 5. The van der Waals surface area contributed by atoms with Crippen LogP contribution in [0.3, 0.4) is 0 Å². The van der Waals surface area contributed by atoms with Crippen LogP contribution in [-0.4, -0.2) is 49.6 Å². The fourth-order valence-electron chi connectivity index (χ4n) is 1.65. The second kappa shape index (κ2) is 6.83. The fraction of sp³-hybridized carbons (Fsp3) is 0.417. The number of carboxylic acids is 1. The molecule has 0 aliphatic heterocycles. The van der Waals surface area contributed by atoms with Crippen molar-refractivity contribution in [2.75, 3.05) is 44.0 Å². The van der Waals surface area contributed by atoms with E-state index in [1.165, 1.54) is 12.1 Å². The van der Waals surface area contributed by atoms with E-state index in [0.29, 0.717) is 31.1 Å². The van der Waals surface area contributed by atoms with Gasteiger partial charge in [-0.2, -0.15) is 0 Å². The zero-order valence-corrected chi connectivity index (χ0v) is 10.3. The Morgan fingerprint density at radius 2 is 2.17 bits per heavy atom. The molecule has 1 aromatic rings. The van der Waals surface area contributed by atoms with Crippen molar-refractivity contribution in [2.24, 2.45) is 0 Å². The third-order valence-corrected chi connectivity index (χ3v) is 2.55. The van der Waals surface area contributed by atoms with Crippen LogP contribution < -0.4 is 10.6 Å². The average Bonchev–Trinajstić information content (AvgIpc) is 2.34. The maximum Gasteiger partial charge on any atom is 0.335 e. The molecule has 100 valence electrons. The van der Waals surface area contributed by atoms with Gasteiger partial charge in [-0.05, 0) is 18.2 Å². The van der Waals surface area contributed by atoms with Gasteiger partial charge in [-0.1, -0.05) is 0 Å². The Bertz CT molecular complexity index is 409. The van der Waals surface area contributed by atoms with Crippen molar-refractivity contribution in [2.45, 2.75) is 0 Å². The molecule has 0 spiro atoms. The summed E-state index contributed by atoms with van der Waals surface area (Å²) in [5, 5.41) is 17.9. The molecule has 0 aliphatic carbocycles. The second-order valence-corrected chi connectivity index (χ2v) is 3.78. The number of rotatable bonds is 7. The SMILES string of the molecule is COCCN(CCO)c1ccc(C(=O)O)cc1N. The van der Waals surface area contributed by atoms with Crippen LogP contribution in [0.2, 0.25) is 0 Å². The van der Waals surface area contributed by atoms with Crippen LogP contribution in [0.25, 0.3) is 0 Å². The lowest BCUT2D eigenvalue weighted by molar-refractivity contribution is 0.0697. The van der Waals surface area contributed by atoms with Gasteiger partial charge in [0.05, 0.1) is 30.2 Å². The van der Waals surface area contributed by atoms with Gasteiger partial charge in [-0.25, -0.2) is 4.79 Å². The molecular weight excluding hydrogens is 236 g/mol. The Kier molecular flexibility index (Phi) is 5.41. The molecule has 0 fully saturated rings. The minimum absolute atomic E-state index is 0.0101. The van der Waals surface area contributed by atoms with E-state index in [0.717, 1.165) is 0 Å². The summed E-state index contributed by atoms with van der Waals surface area (Å²) < 4.78 is 4.98. The monoisotopic (exact) mass is 254 g/mol. The fourth-order valence-corrected chi connectivity index (χ4v) is 1.65. The summed E-state index contributed by atoms with van der Waals surface area (Å²) in [5.41, 5.74) is 7.05. The molecule has 6 nitrogen and oxygen atoms in total. The highest BCUT2D eigenvalue weighted by Crippen LogP contribution is 2.24. The maximum atomic E-state index is 10.8. The minimum Gasteiger partial charge on any atom is -0.478 e. The van der Waals surface area contributed by atoms with Crippen LogP contribution in [0.4, 0.5) is 11.4 Å². The molecule has 0 radical (unpaired) electrons. The standard InChI is InChI=1S/C12H18N2O4/c1-18-7-5-14(4-6-15)11-3-2-9(12(16)17)8-10(11)13/h2-3,8,15H,4-7,13H2,1H3,(H,16,17). The number of ether oxygens (including phenoxy) is 1. The Hall–Kier alpha value is -1.79. The first-order valence-electron chi connectivity index (χ1n) is 5.57. The molecule has 0 amide bonds. The van der Waals surface area contributed by atoms with Crippen LogP contribution >= 0.6 is 0 Å². The highest BCUT2D eigenvalue weighted by Gasteiger charge is 2.12. The summed E-state index contributed by atoms with van der Waals surface area (Å²) in [6.07, 6.45) is 0. The quantitative estimate of drug-likeness (QED) is 0.610. The smallest absolute Gasteiger partial charge is 0.335 e. The lowest BCUT2D eigenvalue weighted by atomic mass is 10.1. The maximum absolute atomic E-state index is 10.8. The van der Waals surface area contributed by atoms with Crippen molar-refractivity contribution in [1.29, 1.82) is 0 Å². The summed E-state index contributed by atoms with van der Waals surface area (Å²) in [7, 11) is 1.59. The van der Waals surface area contributed by atoms with Crippen LogP contribution in [0.1, 0.15) is 10.4 Å². The molecule has 0 unspecified atom stereocenters. The predicted molar refractivity (Wildman–Crippen MR) is 69.0 cm³/mol. The van der Waals surface area contributed by atoms with Gasteiger partial charge < -0.3 is 25.6 Å². The topological polar surface area (TPSA) is 96.0 Å². The van der Waals surface area contributed by atoms with Crippen molar-refractivity contribution in [1.82, 2.24) is 0 Å². The lowest BCUT2D eigenvalue weighted by Gasteiger charge is -2.25. The first-order valence-corrected chi connectivity index (χ1v) is 5.57. The Morgan fingerprint density at radius 3 is 2.67 bits per heavy atom. The highest BCUT2D eigenvalue weighted by molar-refractivity contribution is 5.90. The Morgan fingerprint density at radius 1 is 1.44 bits per heavy atom. The number of anilines is 2. The summed E-state index contributed by atoms with van der Waals surface area (Å²) in [6.45, 7) is 1.48. The minimum atomic E-state index is -1.01. The molecule has 0 saturated carbocycles. The molecule has 0 aromatic heterocycles. The zero-order valence-electron chi connectivity index (χ0n) is 10.3. The van der Waals surface area contributed by atoms with Crippen LogP contribution in [0.15, 0.2) is 18.2 Å². The lowest BCUT2D eigenvalue weighted by Crippen LogP contribution is -2.30. The van der Waals surface area contributed by atoms with E-state index in [-0.39, 0.29) is 12.2 Å². The first-order chi connectivity index (χ1) is 8.60. The van der Waals surface area contributed by atoms with Gasteiger partial charge in [0.2, 0.25) is 0 Å². The number of aliphatic hydroxyl groups excluding tert-OH is 1. The number of carbonyl (C=O) groups is 1. The third kappa shape index (κ3) is 3.61. The van der Waals surface area contributed by atoms with Crippen molar-refractivity contribution in [3.05, 3.63) is 23.8 Å². The molecule has 18 heavy (non-hydrogen) atoms. The van der Waals surface area contributed by atoms with Gasteiger partial charge in [0, 0.05) is 20.2 Å². The number of benzene rings is 1. The molecular formula is C12H18N2O4. The predicted octanol–water partition coefficient (Wildman–Crippen LogP) is 0.412. The number of methoxy groups -OCH3 is 1. The molecule has 0 aliphatic rings. The second-order valence-electron chi connectivity index (χ2n) is 3.78. The number of nitrogens with two attached hydrogens (primary N) is 1. The van der Waals surface area contributed by atoms with E-state index in [1.807, 2.05) is 4.90 Å². The van der Waals surface area contributed by atoms with Crippen LogP contribution in [-0.2, 0) is 4.74 Å². The molecule has 0 heterocycles. The van der Waals surface area contributed by atoms with Crippen molar-refractivity contribution >= 4 is 17.3 Å². The number of nitrogen functional groups attached to an aromatic ring is 1. The number of hydrogen-bond donors (Lipinski definition) is 3.